The molecule has 1 fully saturated rings. The number of anilines is 1. The van der Waals surface area contributed by atoms with Gasteiger partial charge in [-0.15, -0.1) is 10.2 Å². The van der Waals surface area contributed by atoms with Crippen LogP contribution in [0.25, 0.3) is 11.3 Å². The fourth-order valence-corrected chi connectivity index (χ4v) is 2.82. The molecule has 2 heterocycles. The Morgan fingerprint density at radius 2 is 2.00 bits per heavy atom. The lowest BCUT2D eigenvalue weighted by molar-refractivity contribution is -0.137. The second-order valence-corrected chi connectivity index (χ2v) is 6.02. The molecule has 6 nitrogen and oxygen atoms in total. The van der Waals surface area contributed by atoms with Crippen LogP contribution in [0.1, 0.15) is 24.1 Å². The Labute approximate surface area is 142 Å². The standard InChI is InChI=1S/C16H17F3N4O2/c1-9-14(12-5-4-10(7-13(12)25)16(17,18)19)21-22-15(20-9)23-6-2-3-11(24)8-23/h4-5,7,11,24-25H,2-3,6,8H2,1H3/t11-/m1/s1. The zero-order valence-electron chi connectivity index (χ0n) is 13.5. The summed E-state index contributed by atoms with van der Waals surface area (Å²) in [6, 6.07) is 2.69. The zero-order chi connectivity index (χ0) is 18.2. The van der Waals surface area contributed by atoms with E-state index < -0.39 is 23.6 Å². The normalized spacial score (nSPS) is 18.4. The van der Waals surface area contributed by atoms with Gasteiger partial charge in [-0.1, -0.05) is 0 Å². The second-order valence-electron chi connectivity index (χ2n) is 6.02. The molecule has 0 saturated carbocycles. The van der Waals surface area contributed by atoms with E-state index in [4.69, 9.17) is 0 Å². The number of hydrogen-bond acceptors (Lipinski definition) is 6. The first-order chi connectivity index (χ1) is 11.8. The first-order valence-corrected chi connectivity index (χ1v) is 7.80. The number of β-amino-alcohol motifs (C(OH)–C–C–N with tert-alkyl or cyclic N) is 1. The van der Waals surface area contributed by atoms with E-state index in [0.29, 0.717) is 30.8 Å². The number of halogens is 3. The van der Waals surface area contributed by atoms with Gasteiger partial charge in [-0.2, -0.15) is 13.2 Å². The lowest BCUT2D eigenvalue weighted by atomic mass is 10.1. The highest BCUT2D eigenvalue weighted by Gasteiger charge is 2.31. The summed E-state index contributed by atoms with van der Waals surface area (Å²) in [5.41, 5.74) is -0.158. The minimum Gasteiger partial charge on any atom is -0.507 e. The maximum Gasteiger partial charge on any atom is 0.416 e. The van der Waals surface area contributed by atoms with Gasteiger partial charge in [0.1, 0.15) is 11.4 Å². The Morgan fingerprint density at radius 1 is 1.24 bits per heavy atom. The van der Waals surface area contributed by atoms with Crippen molar-refractivity contribution in [3.63, 3.8) is 0 Å². The number of rotatable bonds is 2. The summed E-state index contributed by atoms with van der Waals surface area (Å²) in [5, 5.41) is 27.7. The van der Waals surface area contributed by atoms with E-state index in [1.54, 1.807) is 6.92 Å². The van der Waals surface area contributed by atoms with Crippen LogP contribution in [0.5, 0.6) is 5.75 Å². The molecule has 0 unspecified atom stereocenters. The van der Waals surface area contributed by atoms with Gasteiger partial charge in [0.25, 0.3) is 0 Å². The van der Waals surface area contributed by atoms with Crippen LogP contribution < -0.4 is 4.90 Å². The molecule has 0 radical (unpaired) electrons. The minimum atomic E-state index is -4.53. The van der Waals surface area contributed by atoms with Gasteiger partial charge in [0.2, 0.25) is 5.95 Å². The molecular weight excluding hydrogens is 337 g/mol. The van der Waals surface area contributed by atoms with Crippen molar-refractivity contribution in [3.05, 3.63) is 29.5 Å². The van der Waals surface area contributed by atoms with E-state index in [1.165, 1.54) is 0 Å². The highest BCUT2D eigenvalue weighted by molar-refractivity contribution is 5.69. The number of phenols is 1. The first kappa shape index (κ1) is 17.4. The van der Waals surface area contributed by atoms with Gasteiger partial charge in [-0.3, -0.25) is 0 Å². The number of aliphatic hydroxyl groups excluding tert-OH is 1. The van der Waals surface area contributed by atoms with Crippen LogP contribution >= 0.6 is 0 Å². The number of aromatic nitrogens is 3. The van der Waals surface area contributed by atoms with E-state index in [2.05, 4.69) is 15.2 Å². The smallest absolute Gasteiger partial charge is 0.416 e. The van der Waals surface area contributed by atoms with Crippen molar-refractivity contribution in [3.8, 4) is 17.0 Å². The third kappa shape index (κ3) is 3.65. The van der Waals surface area contributed by atoms with Crippen molar-refractivity contribution in [1.29, 1.82) is 0 Å². The number of piperidine rings is 1. The molecule has 1 aromatic heterocycles. The Hall–Kier alpha value is -2.42. The van der Waals surface area contributed by atoms with Gasteiger partial charge >= 0.3 is 6.18 Å². The molecule has 0 amide bonds. The van der Waals surface area contributed by atoms with Gasteiger partial charge in [-0.05, 0) is 38.0 Å². The molecule has 1 aromatic carbocycles. The maximum absolute atomic E-state index is 12.7. The lowest BCUT2D eigenvalue weighted by Gasteiger charge is -2.29. The fourth-order valence-electron chi connectivity index (χ4n) is 2.82. The van der Waals surface area contributed by atoms with Gasteiger partial charge in [0.15, 0.2) is 0 Å². The van der Waals surface area contributed by atoms with Crippen LogP contribution in [0.3, 0.4) is 0 Å². The number of nitrogens with zero attached hydrogens (tertiary/aromatic N) is 4. The van der Waals surface area contributed by atoms with Gasteiger partial charge in [0, 0.05) is 18.7 Å². The van der Waals surface area contributed by atoms with Gasteiger partial charge in [0.05, 0.1) is 17.4 Å². The van der Waals surface area contributed by atoms with Crippen LogP contribution in [0, 0.1) is 6.92 Å². The molecule has 2 aromatic rings. The molecule has 0 bridgehead atoms. The predicted octanol–water partition coefficient (Wildman–Crippen LogP) is 2.53. The third-order valence-electron chi connectivity index (χ3n) is 4.11. The van der Waals surface area contributed by atoms with E-state index in [1.807, 2.05) is 4.90 Å². The van der Waals surface area contributed by atoms with Crippen LogP contribution in [0.4, 0.5) is 19.1 Å². The zero-order valence-corrected chi connectivity index (χ0v) is 13.5. The lowest BCUT2D eigenvalue weighted by Crippen LogP contribution is -2.39. The number of benzene rings is 1. The van der Waals surface area contributed by atoms with Crippen molar-refractivity contribution in [2.24, 2.45) is 0 Å². The van der Waals surface area contributed by atoms with E-state index in [0.717, 1.165) is 25.0 Å². The summed E-state index contributed by atoms with van der Waals surface area (Å²) in [6.07, 6.45) is -3.45. The fraction of sp³-hybridized carbons (Fsp3) is 0.438. The Morgan fingerprint density at radius 3 is 2.60 bits per heavy atom. The molecule has 0 aliphatic carbocycles. The van der Waals surface area contributed by atoms with E-state index >= 15 is 0 Å². The third-order valence-corrected chi connectivity index (χ3v) is 4.11. The van der Waals surface area contributed by atoms with E-state index in [9.17, 15) is 23.4 Å². The molecule has 9 heteroatoms. The number of aromatic hydroxyl groups is 1. The van der Waals surface area contributed by atoms with Crippen LogP contribution in [-0.2, 0) is 6.18 Å². The summed E-state index contributed by atoms with van der Waals surface area (Å²) in [6.45, 7) is 2.75. The monoisotopic (exact) mass is 354 g/mol. The Kier molecular flexibility index (Phi) is 4.51. The Balaban J connectivity index is 1.91. The largest absolute Gasteiger partial charge is 0.507 e. The highest BCUT2D eigenvalue weighted by atomic mass is 19.4. The average Bonchev–Trinajstić information content (AvgIpc) is 2.54. The van der Waals surface area contributed by atoms with Crippen molar-refractivity contribution in [1.82, 2.24) is 15.2 Å². The van der Waals surface area contributed by atoms with Crippen molar-refractivity contribution in [2.75, 3.05) is 18.0 Å². The van der Waals surface area contributed by atoms with Crippen molar-refractivity contribution in [2.45, 2.75) is 32.0 Å². The van der Waals surface area contributed by atoms with Gasteiger partial charge < -0.3 is 15.1 Å². The van der Waals surface area contributed by atoms with Crippen molar-refractivity contribution >= 4 is 5.95 Å². The second kappa shape index (κ2) is 6.47. The Bertz CT molecular complexity index is 782. The number of aliphatic hydroxyl groups is 1. The molecule has 3 rings (SSSR count). The SMILES string of the molecule is Cc1nc(N2CCC[C@@H](O)C2)nnc1-c1ccc(C(F)(F)F)cc1O. The molecule has 1 aliphatic heterocycles. The highest BCUT2D eigenvalue weighted by Crippen LogP contribution is 2.36. The minimum absolute atomic E-state index is 0.135. The number of hydrogen-bond donors (Lipinski definition) is 2. The molecule has 25 heavy (non-hydrogen) atoms. The molecular formula is C16H17F3N4O2. The summed E-state index contributed by atoms with van der Waals surface area (Å²) in [7, 11) is 0. The average molecular weight is 354 g/mol. The quantitative estimate of drug-likeness (QED) is 0.862. The summed E-state index contributed by atoms with van der Waals surface area (Å²) >= 11 is 0. The summed E-state index contributed by atoms with van der Waals surface area (Å²) in [5.74, 6) is -0.179. The molecule has 1 saturated heterocycles. The van der Waals surface area contributed by atoms with Crippen LogP contribution in [0.15, 0.2) is 18.2 Å². The van der Waals surface area contributed by atoms with Gasteiger partial charge in [-0.25, -0.2) is 4.98 Å². The molecule has 134 valence electrons. The van der Waals surface area contributed by atoms with E-state index in [-0.39, 0.29) is 11.3 Å². The van der Waals surface area contributed by atoms with Crippen molar-refractivity contribution < 1.29 is 23.4 Å². The van der Waals surface area contributed by atoms with Crippen LogP contribution in [0.2, 0.25) is 0 Å². The summed E-state index contributed by atoms with van der Waals surface area (Å²) < 4.78 is 38.1. The first-order valence-electron chi connectivity index (χ1n) is 7.80. The molecule has 2 N–H and O–H groups in total. The number of alkyl halides is 3. The number of aryl methyl sites for hydroxylation is 1. The number of phenolic OH excluding ortho intramolecular Hbond substituents is 1. The summed E-state index contributed by atoms with van der Waals surface area (Å²) in [4.78, 5) is 6.14. The topological polar surface area (TPSA) is 82.4 Å². The van der Waals surface area contributed by atoms with Crippen LogP contribution in [-0.4, -0.2) is 44.6 Å². The molecule has 0 spiro atoms. The molecule has 1 atom stereocenters. The molecule has 1 aliphatic rings. The maximum atomic E-state index is 12.7. The predicted molar refractivity (Wildman–Crippen MR) is 84.1 cm³/mol.